The second-order valence-electron chi connectivity index (χ2n) is 8.37. The molecule has 0 aliphatic carbocycles. The smallest absolute Gasteiger partial charge is 0.262 e. The van der Waals surface area contributed by atoms with Crippen LogP contribution in [-0.2, 0) is 11.3 Å². The van der Waals surface area contributed by atoms with Gasteiger partial charge in [0.05, 0.1) is 24.0 Å². The standard InChI is InChI=1S/C26H33N5O2S/c1-4-28-25-16-22-21(17-29-25)26(32)31(13-12-30(22)3)20-8-5-7-19(15-20)18-33-23(10-11-27-2)24-9-6-14-34-24/h5-9,14-17,23,27H,4,10-13,18H2,1-3H3,(H,28,29). The molecule has 2 N–H and O–H groups in total. The van der Waals surface area contributed by atoms with E-state index in [4.69, 9.17) is 4.74 Å². The van der Waals surface area contributed by atoms with Gasteiger partial charge in [0, 0.05) is 49.5 Å². The van der Waals surface area contributed by atoms with Gasteiger partial charge in [0.1, 0.15) is 5.82 Å². The van der Waals surface area contributed by atoms with Crippen molar-refractivity contribution in [1.82, 2.24) is 10.3 Å². The molecule has 1 atom stereocenters. The Morgan fingerprint density at radius 2 is 2.09 bits per heavy atom. The van der Waals surface area contributed by atoms with Crippen molar-refractivity contribution >= 4 is 34.4 Å². The monoisotopic (exact) mass is 479 g/mol. The Balaban J connectivity index is 1.52. The summed E-state index contributed by atoms with van der Waals surface area (Å²) in [5.41, 5.74) is 3.45. The summed E-state index contributed by atoms with van der Waals surface area (Å²) in [6.45, 7) is 5.54. The molecular formula is C26H33N5O2S. The van der Waals surface area contributed by atoms with Gasteiger partial charge in [0.2, 0.25) is 0 Å². The highest BCUT2D eigenvalue weighted by Crippen LogP contribution is 2.30. The maximum absolute atomic E-state index is 13.5. The number of anilines is 3. The lowest BCUT2D eigenvalue weighted by Crippen LogP contribution is -2.33. The highest BCUT2D eigenvalue weighted by atomic mass is 32.1. The second-order valence-corrected chi connectivity index (χ2v) is 9.35. The third-order valence-corrected chi connectivity index (χ3v) is 6.94. The number of amides is 1. The second kappa shape index (κ2) is 11.5. The Morgan fingerprint density at radius 1 is 1.21 bits per heavy atom. The van der Waals surface area contributed by atoms with Crippen LogP contribution in [-0.4, -0.2) is 51.2 Å². The van der Waals surface area contributed by atoms with E-state index in [1.54, 1.807) is 17.5 Å². The Hall–Kier alpha value is -2.94. The summed E-state index contributed by atoms with van der Waals surface area (Å²) < 4.78 is 6.32. The fourth-order valence-electron chi connectivity index (χ4n) is 4.14. The van der Waals surface area contributed by atoms with Crippen LogP contribution >= 0.6 is 11.3 Å². The van der Waals surface area contributed by atoms with Crippen LogP contribution in [0.3, 0.4) is 0 Å². The maximum Gasteiger partial charge on any atom is 0.262 e. The molecule has 8 heteroatoms. The zero-order valence-electron chi connectivity index (χ0n) is 20.1. The maximum atomic E-state index is 13.5. The SMILES string of the molecule is CCNc1cc2c(cn1)C(=O)N(c1cccc(COC(CCNC)c3cccs3)c1)CCN2C. The molecule has 3 aromatic rings. The van der Waals surface area contributed by atoms with Crippen molar-refractivity contribution in [3.63, 3.8) is 0 Å². The van der Waals surface area contributed by atoms with Crippen molar-refractivity contribution in [3.05, 3.63) is 70.0 Å². The Labute approximate surface area is 205 Å². The molecule has 0 bridgehead atoms. The summed E-state index contributed by atoms with van der Waals surface area (Å²) in [5.74, 6) is 0.755. The Morgan fingerprint density at radius 3 is 2.85 bits per heavy atom. The van der Waals surface area contributed by atoms with Gasteiger partial charge in [-0.2, -0.15) is 0 Å². The van der Waals surface area contributed by atoms with E-state index in [1.807, 2.05) is 44.1 Å². The van der Waals surface area contributed by atoms with Crippen LogP contribution in [0, 0.1) is 0 Å². The van der Waals surface area contributed by atoms with Crippen molar-refractivity contribution in [2.24, 2.45) is 0 Å². The molecule has 0 fully saturated rings. The van der Waals surface area contributed by atoms with Crippen molar-refractivity contribution in [2.45, 2.75) is 26.1 Å². The topological polar surface area (TPSA) is 69.7 Å². The number of nitrogens with one attached hydrogen (secondary N) is 2. The summed E-state index contributed by atoms with van der Waals surface area (Å²) in [7, 11) is 3.98. The summed E-state index contributed by atoms with van der Waals surface area (Å²) in [6, 6.07) is 14.3. The average molecular weight is 480 g/mol. The molecule has 0 saturated carbocycles. The van der Waals surface area contributed by atoms with Crippen LogP contribution in [0.4, 0.5) is 17.2 Å². The number of benzene rings is 1. The highest BCUT2D eigenvalue weighted by molar-refractivity contribution is 7.10. The van der Waals surface area contributed by atoms with Crippen LogP contribution in [0.1, 0.15) is 40.2 Å². The van der Waals surface area contributed by atoms with E-state index in [2.05, 4.69) is 50.2 Å². The van der Waals surface area contributed by atoms with Gasteiger partial charge in [-0.05, 0) is 56.1 Å². The lowest BCUT2D eigenvalue weighted by molar-refractivity contribution is 0.0367. The van der Waals surface area contributed by atoms with Gasteiger partial charge in [-0.1, -0.05) is 18.2 Å². The number of carbonyl (C=O) groups is 1. The van der Waals surface area contributed by atoms with Gasteiger partial charge in [0.15, 0.2) is 0 Å². The largest absolute Gasteiger partial charge is 0.372 e. The first-order valence-corrected chi connectivity index (χ1v) is 12.6. The zero-order valence-corrected chi connectivity index (χ0v) is 20.9. The fraction of sp³-hybridized carbons (Fsp3) is 0.385. The molecule has 1 unspecified atom stereocenters. The molecule has 34 heavy (non-hydrogen) atoms. The number of ether oxygens (including phenoxy) is 1. The van der Waals surface area contributed by atoms with Crippen molar-refractivity contribution in [3.8, 4) is 0 Å². The molecule has 180 valence electrons. The molecule has 1 aliphatic rings. The number of fused-ring (bicyclic) bond motifs is 1. The lowest BCUT2D eigenvalue weighted by atomic mass is 10.1. The first kappa shape index (κ1) is 24.2. The van der Waals surface area contributed by atoms with E-state index in [9.17, 15) is 4.79 Å². The van der Waals surface area contributed by atoms with Crippen molar-refractivity contribution < 1.29 is 9.53 Å². The van der Waals surface area contributed by atoms with Crippen LogP contribution in [0.15, 0.2) is 54.0 Å². The summed E-state index contributed by atoms with van der Waals surface area (Å²) in [6.07, 6.45) is 2.64. The summed E-state index contributed by atoms with van der Waals surface area (Å²) >= 11 is 1.72. The number of likely N-dealkylation sites (N-methyl/N-ethyl adjacent to an activating group) is 1. The predicted molar refractivity (Wildman–Crippen MR) is 140 cm³/mol. The van der Waals surface area contributed by atoms with E-state index >= 15 is 0 Å². The zero-order chi connectivity index (χ0) is 23.9. The van der Waals surface area contributed by atoms with Gasteiger partial charge in [0.25, 0.3) is 5.91 Å². The molecule has 3 heterocycles. The molecule has 0 spiro atoms. The Kier molecular flexibility index (Phi) is 8.16. The number of thiophene rings is 1. The van der Waals surface area contributed by atoms with Crippen molar-refractivity contribution in [1.29, 1.82) is 0 Å². The first-order chi connectivity index (χ1) is 16.6. The number of hydrogen-bond acceptors (Lipinski definition) is 7. The van der Waals surface area contributed by atoms with Crippen LogP contribution in [0.25, 0.3) is 0 Å². The third kappa shape index (κ3) is 5.58. The molecule has 4 rings (SSSR count). The molecule has 1 amide bonds. The first-order valence-electron chi connectivity index (χ1n) is 11.8. The summed E-state index contributed by atoms with van der Waals surface area (Å²) in [4.78, 5) is 23.1. The van der Waals surface area contributed by atoms with E-state index < -0.39 is 0 Å². The summed E-state index contributed by atoms with van der Waals surface area (Å²) in [5, 5.41) is 8.53. The number of nitrogens with zero attached hydrogens (tertiary/aromatic N) is 3. The normalized spacial score (nSPS) is 14.6. The van der Waals surface area contributed by atoms with Gasteiger partial charge >= 0.3 is 0 Å². The average Bonchev–Trinajstić information content (AvgIpc) is 3.35. The molecule has 0 radical (unpaired) electrons. The number of aromatic nitrogens is 1. The lowest BCUT2D eigenvalue weighted by Gasteiger charge is -2.22. The highest BCUT2D eigenvalue weighted by Gasteiger charge is 2.27. The number of carbonyl (C=O) groups excluding carboxylic acids is 1. The van der Waals surface area contributed by atoms with Gasteiger partial charge in [-0.15, -0.1) is 11.3 Å². The van der Waals surface area contributed by atoms with E-state index in [0.717, 1.165) is 48.8 Å². The van der Waals surface area contributed by atoms with Crippen molar-refractivity contribution in [2.75, 3.05) is 55.4 Å². The number of hydrogen-bond donors (Lipinski definition) is 2. The van der Waals surface area contributed by atoms with E-state index in [1.165, 1.54) is 4.88 Å². The molecule has 1 aromatic carbocycles. The molecule has 0 saturated heterocycles. The van der Waals surface area contributed by atoms with Crippen LogP contribution in [0.2, 0.25) is 0 Å². The molecule has 1 aliphatic heterocycles. The fourth-order valence-corrected chi connectivity index (χ4v) is 4.94. The minimum atomic E-state index is -0.0292. The number of pyridine rings is 1. The van der Waals surface area contributed by atoms with E-state index in [0.29, 0.717) is 18.7 Å². The van der Waals surface area contributed by atoms with Gasteiger partial charge < -0.3 is 25.2 Å². The minimum Gasteiger partial charge on any atom is -0.372 e. The minimum absolute atomic E-state index is 0.0292. The van der Waals surface area contributed by atoms with Crippen LogP contribution in [0.5, 0.6) is 0 Å². The molecule has 2 aromatic heterocycles. The van der Waals surface area contributed by atoms with E-state index in [-0.39, 0.29) is 12.0 Å². The molecular weight excluding hydrogens is 446 g/mol. The number of rotatable bonds is 10. The van der Waals surface area contributed by atoms with Gasteiger partial charge in [-0.3, -0.25) is 4.79 Å². The van der Waals surface area contributed by atoms with Gasteiger partial charge in [-0.25, -0.2) is 4.98 Å². The Bertz CT molecular complexity index is 1090. The predicted octanol–water partition coefficient (Wildman–Crippen LogP) is 4.54. The third-order valence-electron chi connectivity index (χ3n) is 5.98. The molecule has 7 nitrogen and oxygen atoms in total. The quantitative estimate of drug-likeness (QED) is 0.445. The van der Waals surface area contributed by atoms with Crippen LogP contribution < -0.4 is 20.4 Å².